The number of nitrogens with one attached hydrogen (secondary N) is 1. The first-order valence-electron chi connectivity index (χ1n) is 9.59. The normalized spacial score (nSPS) is 25.2. The van der Waals surface area contributed by atoms with Gasteiger partial charge in [-0.3, -0.25) is 19.2 Å². The number of nitrogens with zero attached hydrogens (tertiary/aromatic N) is 2. The number of imide groups is 1. The Balaban J connectivity index is 1.49. The number of hydrogen-bond acceptors (Lipinski definition) is 7. The van der Waals surface area contributed by atoms with Gasteiger partial charge < -0.3 is 15.1 Å². The van der Waals surface area contributed by atoms with Gasteiger partial charge in [0.1, 0.15) is 17.5 Å². The average Bonchev–Trinajstić information content (AvgIpc) is 3.25. The van der Waals surface area contributed by atoms with Gasteiger partial charge in [0.15, 0.2) is 0 Å². The van der Waals surface area contributed by atoms with Crippen LogP contribution in [-0.2, 0) is 24.0 Å². The molecule has 9 nitrogen and oxygen atoms in total. The Morgan fingerprint density at radius 1 is 1.17 bits per heavy atom. The molecule has 2 saturated heterocycles. The van der Waals surface area contributed by atoms with Gasteiger partial charge in [0.2, 0.25) is 5.91 Å². The molecule has 0 bridgehead atoms. The summed E-state index contributed by atoms with van der Waals surface area (Å²) in [6.07, 6.45) is -0.0290. The van der Waals surface area contributed by atoms with Crippen LogP contribution in [0.25, 0.3) is 0 Å². The topological polar surface area (TPSA) is 113 Å². The third-order valence-electron chi connectivity index (χ3n) is 5.44. The molecule has 1 aromatic rings. The molecular formula is C20H21N3O6S. The van der Waals surface area contributed by atoms with E-state index in [0.29, 0.717) is 10.6 Å². The number of thioether (sulfide) groups is 1. The van der Waals surface area contributed by atoms with Crippen molar-refractivity contribution in [2.75, 3.05) is 0 Å². The van der Waals surface area contributed by atoms with Crippen LogP contribution in [0.5, 0.6) is 0 Å². The Bertz CT molecular complexity index is 961. The molecule has 0 radical (unpaired) electrons. The van der Waals surface area contributed by atoms with Crippen LogP contribution in [0.4, 0.5) is 0 Å². The maximum absolute atomic E-state index is 13.1. The molecule has 158 valence electrons. The van der Waals surface area contributed by atoms with Gasteiger partial charge in [0, 0.05) is 23.2 Å². The summed E-state index contributed by atoms with van der Waals surface area (Å²) in [5, 5.41) is 2.74. The molecule has 0 aromatic heterocycles. The lowest BCUT2D eigenvalue weighted by Crippen LogP contribution is -2.55. The minimum atomic E-state index is -1.11. The molecule has 30 heavy (non-hydrogen) atoms. The summed E-state index contributed by atoms with van der Waals surface area (Å²) in [6.45, 7) is 5.15. The van der Waals surface area contributed by atoms with Crippen molar-refractivity contribution in [2.45, 2.75) is 55.8 Å². The van der Waals surface area contributed by atoms with Gasteiger partial charge in [-0.1, -0.05) is 18.2 Å². The molecule has 2 fully saturated rings. The fraction of sp³-hybridized carbons (Fsp3) is 0.450. The van der Waals surface area contributed by atoms with E-state index in [2.05, 4.69) is 5.32 Å². The average molecular weight is 431 g/mol. The maximum Gasteiger partial charge on any atom is 0.354 e. The zero-order chi connectivity index (χ0) is 21.8. The summed E-state index contributed by atoms with van der Waals surface area (Å²) in [5.41, 5.74) is 1.44. The van der Waals surface area contributed by atoms with Crippen molar-refractivity contribution in [1.29, 1.82) is 0 Å². The summed E-state index contributed by atoms with van der Waals surface area (Å²) in [4.78, 5) is 68.0. The summed E-state index contributed by atoms with van der Waals surface area (Å²) in [7, 11) is 0. The van der Waals surface area contributed by atoms with Gasteiger partial charge in [0.05, 0.1) is 0 Å². The van der Waals surface area contributed by atoms with E-state index in [0.717, 1.165) is 5.56 Å². The quantitative estimate of drug-likeness (QED) is 0.712. The predicted molar refractivity (Wildman–Crippen MR) is 106 cm³/mol. The molecule has 0 saturated carbocycles. The number of benzene rings is 1. The Morgan fingerprint density at radius 2 is 1.80 bits per heavy atom. The molecular weight excluding hydrogens is 410 g/mol. The first kappa shape index (κ1) is 20.4. The second kappa shape index (κ2) is 7.12. The predicted octanol–water partition coefficient (Wildman–Crippen LogP) is 1.15. The van der Waals surface area contributed by atoms with Crippen molar-refractivity contribution in [3.8, 4) is 0 Å². The molecule has 0 unspecified atom stereocenters. The van der Waals surface area contributed by atoms with Crippen molar-refractivity contribution in [3.05, 3.63) is 35.4 Å². The molecule has 3 atom stereocenters. The van der Waals surface area contributed by atoms with Crippen molar-refractivity contribution in [3.63, 3.8) is 0 Å². The molecule has 10 heteroatoms. The van der Waals surface area contributed by atoms with Crippen LogP contribution < -0.4 is 5.32 Å². The van der Waals surface area contributed by atoms with E-state index in [1.807, 2.05) is 26.0 Å². The molecule has 4 amide bonds. The minimum Gasteiger partial charge on any atom is -0.341 e. The van der Waals surface area contributed by atoms with Crippen LogP contribution in [0.2, 0.25) is 0 Å². The van der Waals surface area contributed by atoms with Crippen LogP contribution in [0.3, 0.4) is 0 Å². The molecule has 1 aromatic carbocycles. The van der Waals surface area contributed by atoms with Crippen molar-refractivity contribution in [2.24, 2.45) is 0 Å². The van der Waals surface area contributed by atoms with E-state index >= 15 is 0 Å². The van der Waals surface area contributed by atoms with Gasteiger partial charge in [-0.15, -0.1) is 16.8 Å². The molecule has 4 rings (SSSR count). The zero-order valence-corrected chi connectivity index (χ0v) is 17.5. The van der Waals surface area contributed by atoms with Gasteiger partial charge in [0.25, 0.3) is 17.7 Å². The van der Waals surface area contributed by atoms with E-state index in [1.165, 1.54) is 18.7 Å². The first-order valence-corrected chi connectivity index (χ1v) is 10.5. The van der Waals surface area contributed by atoms with Crippen molar-refractivity contribution >= 4 is 41.4 Å². The number of carbonyl (C=O) groups is 5. The highest BCUT2D eigenvalue weighted by atomic mass is 32.2. The number of carbonyl (C=O) groups excluding carboxylic acids is 5. The number of amides is 4. The highest BCUT2D eigenvalue weighted by molar-refractivity contribution is 8.01. The standard InChI is InChI=1S/C20H21N3O6S/c1-10(19(28)29-23-13(24)8-9-14(23)25)21-16(26)15-20(2,3)30-18-12-7-5-4-6-11(12)17(27)22(15)18/h4-7,10,15,18H,8-9H2,1-3H3,(H,21,26)/t10-,15+,18+/m0/s1. The number of hydroxylamine groups is 2. The van der Waals surface area contributed by atoms with Gasteiger partial charge in [-0.05, 0) is 32.4 Å². The molecule has 0 spiro atoms. The maximum atomic E-state index is 13.1. The van der Waals surface area contributed by atoms with E-state index in [9.17, 15) is 24.0 Å². The minimum absolute atomic E-state index is 0.0145. The molecule has 0 aliphatic carbocycles. The molecule has 3 aliphatic rings. The summed E-state index contributed by atoms with van der Waals surface area (Å²) in [6, 6.07) is 5.34. The lowest BCUT2D eigenvalue weighted by molar-refractivity contribution is -0.198. The second-order valence-electron chi connectivity index (χ2n) is 8.00. The van der Waals surface area contributed by atoms with Crippen molar-refractivity contribution < 1.29 is 28.8 Å². The van der Waals surface area contributed by atoms with Crippen LogP contribution in [-0.4, -0.2) is 56.4 Å². The Morgan fingerprint density at radius 3 is 2.47 bits per heavy atom. The highest BCUT2D eigenvalue weighted by Crippen LogP contribution is 2.56. The van der Waals surface area contributed by atoms with Gasteiger partial charge >= 0.3 is 5.97 Å². The van der Waals surface area contributed by atoms with E-state index in [4.69, 9.17) is 4.84 Å². The summed E-state index contributed by atoms with van der Waals surface area (Å²) in [5.74, 6) is -2.84. The zero-order valence-electron chi connectivity index (χ0n) is 16.7. The van der Waals surface area contributed by atoms with E-state index < -0.39 is 40.5 Å². The number of rotatable bonds is 4. The number of fused-ring (bicyclic) bond motifs is 3. The smallest absolute Gasteiger partial charge is 0.341 e. The van der Waals surface area contributed by atoms with E-state index in [1.54, 1.807) is 17.0 Å². The molecule has 3 heterocycles. The summed E-state index contributed by atoms with van der Waals surface area (Å²) >= 11 is 1.51. The monoisotopic (exact) mass is 431 g/mol. The third-order valence-corrected chi connectivity index (χ3v) is 6.98. The lowest BCUT2D eigenvalue weighted by atomic mass is 10.0. The first-order chi connectivity index (χ1) is 14.1. The number of hydrogen-bond donors (Lipinski definition) is 1. The van der Waals surface area contributed by atoms with Crippen molar-refractivity contribution in [1.82, 2.24) is 15.3 Å². The fourth-order valence-electron chi connectivity index (χ4n) is 3.98. The second-order valence-corrected chi connectivity index (χ2v) is 9.73. The van der Waals surface area contributed by atoms with Crippen LogP contribution in [0.1, 0.15) is 54.9 Å². The SMILES string of the molecule is C[C@H](NC(=O)[C@H]1N2C(=O)c3ccccc3[C@H]2SC1(C)C)C(=O)ON1C(=O)CCC1=O. The lowest BCUT2D eigenvalue weighted by Gasteiger charge is -2.30. The third kappa shape index (κ3) is 3.15. The Hall–Kier alpha value is -2.88. The van der Waals surface area contributed by atoms with Crippen LogP contribution in [0.15, 0.2) is 24.3 Å². The van der Waals surface area contributed by atoms with E-state index in [-0.39, 0.29) is 24.1 Å². The highest BCUT2D eigenvalue weighted by Gasteiger charge is 2.57. The van der Waals surface area contributed by atoms with Gasteiger partial charge in [-0.2, -0.15) is 0 Å². The van der Waals surface area contributed by atoms with Gasteiger partial charge in [-0.25, -0.2) is 4.79 Å². The largest absolute Gasteiger partial charge is 0.354 e. The van der Waals surface area contributed by atoms with Crippen LogP contribution in [0, 0.1) is 0 Å². The van der Waals surface area contributed by atoms with Crippen LogP contribution >= 0.6 is 11.8 Å². The molecule has 1 N–H and O–H groups in total. The fourth-order valence-corrected chi connectivity index (χ4v) is 5.57. The Labute approximate surface area is 177 Å². The molecule has 3 aliphatic heterocycles. The Kier molecular flexibility index (Phi) is 4.84. The summed E-state index contributed by atoms with van der Waals surface area (Å²) < 4.78 is -0.595.